The van der Waals surface area contributed by atoms with Gasteiger partial charge in [0.05, 0.1) is 23.4 Å². The van der Waals surface area contributed by atoms with Gasteiger partial charge >= 0.3 is 12.1 Å². The first kappa shape index (κ1) is 17.9. The van der Waals surface area contributed by atoms with E-state index in [1.807, 2.05) is 0 Å². The minimum Gasteiger partial charge on any atom is -0.465 e. The van der Waals surface area contributed by atoms with Crippen molar-refractivity contribution in [3.63, 3.8) is 0 Å². The molecule has 0 aliphatic rings. The second kappa shape index (κ2) is 6.78. The molecule has 0 N–H and O–H groups in total. The molecular weight excluding hydrogens is 347 g/mol. The van der Waals surface area contributed by atoms with Gasteiger partial charge in [-0.3, -0.25) is 14.5 Å². The van der Waals surface area contributed by atoms with Gasteiger partial charge in [0.1, 0.15) is 12.1 Å². The molecule has 0 radical (unpaired) electrons. The number of aromatic nitrogens is 3. The third-order valence-electron chi connectivity index (χ3n) is 3.87. The van der Waals surface area contributed by atoms with Gasteiger partial charge in [-0.15, -0.1) is 0 Å². The minimum absolute atomic E-state index is 0.0914. The van der Waals surface area contributed by atoms with E-state index in [-0.39, 0.29) is 13.2 Å². The molecule has 0 amide bonds. The number of carbonyl (C=O) groups excluding carboxylic acids is 1. The average molecular weight is 363 g/mol. The lowest BCUT2D eigenvalue weighted by molar-refractivity contribution is -0.144. The van der Waals surface area contributed by atoms with Crippen LogP contribution >= 0.6 is 0 Å². The molecule has 2 heterocycles. The fourth-order valence-corrected chi connectivity index (χ4v) is 2.69. The Kier molecular flexibility index (Phi) is 4.67. The summed E-state index contributed by atoms with van der Waals surface area (Å²) in [6, 6.07) is 6.70. The van der Waals surface area contributed by atoms with E-state index in [1.54, 1.807) is 26.0 Å². The Hall–Kier alpha value is -2.90. The van der Waals surface area contributed by atoms with Gasteiger partial charge in [-0.1, -0.05) is 12.1 Å². The van der Waals surface area contributed by atoms with Crippen LogP contribution in [0.25, 0.3) is 22.2 Å². The maximum absolute atomic E-state index is 12.9. The van der Waals surface area contributed by atoms with Crippen LogP contribution in [0.4, 0.5) is 13.2 Å². The van der Waals surface area contributed by atoms with Crippen LogP contribution < -0.4 is 0 Å². The zero-order valence-corrected chi connectivity index (χ0v) is 14.2. The molecule has 0 atom stereocenters. The van der Waals surface area contributed by atoms with Crippen LogP contribution in [-0.4, -0.2) is 27.3 Å². The maximum atomic E-state index is 12.9. The first-order chi connectivity index (χ1) is 12.3. The lowest BCUT2D eigenvalue weighted by atomic mass is 10.0. The Morgan fingerprint density at radius 3 is 2.69 bits per heavy atom. The summed E-state index contributed by atoms with van der Waals surface area (Å²) in [5.74, 6) is -0.443. The number of halogens is 3. The zero-order valence-electron chi connectivity index (χ0n) is 14.2. The van der Waals surface area contributed by atoms with Crippen molar-refractivity contribution in [3.8, 4) is 11.1 Å². The number of ether oxygens (including phenoxy) is 1. The molecule has 0 fully saturated rings. The van der Waals surface area contributed by atoms with Gasteiger partial charge in [0.15, 0.2) is 0 Å². The van der Waals surface area contributed by atoms with Crippen molar-refractivity contribution in [2.45, 2.75) is 26.6 Å². The molecule has 0 saturated heterocycles. The second-order valence-electron chi connectivity index (χ2n) is 5.72. The molecule has 8 heteroatoms. The quantitative estimate of drug-likeness (QED) is 0.658. The number of benzene rings is 1. The van der Waals surface area contributed by atoms with Crippen LogP contribution in [0.3, 0.4) is 0 Å². The normalized spacial score (nSPS) is 11.7. The highest BCUT2D eigenvalue weighted by atomic mass is 19.4. The molecule has 26 heavy (non-hydrogen) atoms. The molecule has 0 spiro atoms. The number of carbonyl (C=O) groups is 1. The largest absolute Gasteiger partial charge is 0.465 e. The molecule has 5 nitrogen and oxygen atoms in total. The van der Waals surface area contributed by atoms with Gasteiger partial charge in [0.2, 0.25) is 0 Å². The lowest BCUT2D eigenvalue weighted by Gasteiger charge is -2.09. The molecule has 2 aromatic heterocycles. The number of pyridine rings is 1. The first-order valence-corrected chi connectivity index (χ1v) is 7.96. The van der Waals surface area contributed by atoms with E-state index >= 15 is 0 Å². The van der Waals surface area contributed by atoms with Gasteiger partial charge in [-0.25, -0.2) is 0 Å². The summed E-state index contributed by atoms with van der Waals surface area (Å²) < 4.78 is 45.2. The standard InChI is InChI=1S/C18H16F3N3O2/c1-3-26-16(25)10-24-15-8-13(9-22-17(15)11(2)23-24)12-5-4-6-14(7-12)18(19,20)21/h4-9H,3,10H2,1-2H3. The predicted molar refractivity (Wildman–Crippen MR) is 89.3 cm³/mol. The summed E-state index contributed by atoms with van der Waals surface area (Å²) in [6.45, 7) is 3.62. The van der Waals surface area contributed by atoms with Crippen molar-refractivity contribution in [1.29, 1.82) is 0 Å². The highest BCUT2D eigenvalue weighted by Gasteiger charge is 2.30. The van der Waals surface area contributed by atoms with Gasteiger partial charge in [0.25, 0.3) is 0 Å². The molecule has 136 valence electrons. The van der Waals surface area contributed by atoms with E-state index in [4.69, 9.17) is 4.74 Å². The fraction of sp³-hybridized carbons (Fsp3) is 0.278. The maximum Gasteiger partial charge on any atom is 0.416 e. The Balaban J connectivity index is 2.05. The number of rotatable bonds is 4. The monoisotopic (exact) mass is 363 g/mol. The fourth-order valence-electron chi connectivity index (χ4n) is 2.69. The van der Waals surface area contributed by atoms with Gasteiger partial charge < -0.3 is 4.74 Å². The van der Waals surface area contributed by atoms with Crippen LogP contribution in [0.15, 0.2) is 36.5 Å². The Labute approximate surface area is 147 Å². The van der Waals surface area contributed by atoms with Crippen LogP contribution in [0.1, 0.15) is 18.2 Å². The van der Waals surface area contributed by atoms with E-state index in [1.165, 1.54) is 16.9 Å². The smallest absolute Gasteiger partial charge is 0.416 e. The van der Waals surface area contributed by atoms with Crippen molar-refractivity contribution in [1.82, 2.24) is 14.8 Å². The third kappa shape index (κ3) is 3.54. The van der Waals surface area contributed by atoms with E-state index in [2.05, 4.69) is 10.1 Å². The Morgan fingerprint density at radius 1 is 1.23 bits per heavy atom. The van der Waals surface area contributed by atoms with Gasteiger partial charge in [-0.2, -0.15) is 18.3 Å². The number of alkyl halides is 3. The highest BCUT2D eigenvalue weighted by Crippen LogP contribution is 2.32. The SMILES string of the molecule is CCOC(=O)Cn1nc(C)c2ncc(-c3cccc(C(F)(F)F)c3)cc21. The van der Waals surface area contributed by atoms with Gasteiger partial charge in [-0.05, 0) is 37.6 Å². The average Bonchev–Trinajstić information content (AvgIpc) is 2.90. The van der Waals surface area contributed by atoms with Crippen LogP contribution in [-0.2, 0) is 22.3 Å². The third-order valence-corrected chi connectivity index (χ3v) is 3.87. The van der Waals surface area contributed by atoms with Crippen molar-refractivity contribution >= 4 is 17.0 Å². The molecular formula is C18H16F3N3O2. The molecule has 0 unspecified atom stereocenters. The predicted octanol–water partition coefficient (Wildman–Crippen LogP) is 3.99. The molecule has 0 aliphatic heterocycles. The summed E-state index contributed by atoms with van der Waals surface area (Å²) in [5.41, 5.74) is 1.94. The van der Waals surface area contributed by atoms with E-state index in [0.717, 1.165) is 12.1 Å². The van der Waals surface area contributed by atoms with Crippen LogP contribution in [0, 0.1) is 6.92 Å². The topological polar surface area (TPSA) is 57.0 Å². The van der Waals surface area contributed by atoms with Crippen molar-refractivity contribution in [2.24, 2.45) is 0 Å². The molecule has 3 rings (SSSR count). The Bertz CT molecular complexity index is 964. The molecule has 1 aromatic carbocycles. The van der Waals surface area contributed by atoms with Crippen molar-refractivity contribution in [2.75, 3.05) is 6.61 Å². The first-order valence-electron chi connectivity index (χ1n) is 7.96. The van der Waals surface area contributed by atoms with Gasteiger partial charge in [0, 0.05) is 11.8 Å². The number of hydrogen-bond acceptors (Lipinski definition) is 4. The summed E-state index contributed by atoms with van der Waals surface area (Å²) in [7, 11) is 0. The van der Waals surface area contributed by atoms with E-state index in [0.29, 0.717) is 27.9 Å². The summed E-state index contributed by atoms with van der Waals surface area (Å²) in [5, 5.41) is 4.28. The van der Waals surface area contributed by atoms with Crippen LogP contribution in [0.5, 0.6) is 0 Å². The molecule has 0 bridgehead atoms. The number of fused-ring (bicyclic) bond motifs is 1. The van der Waals surface area contributed by atoms with E-state index < -0.39 is 17.7 Å². The Morgan fingerprint density at radius 2 is 2.00 bits per heavy atom. The zero-order chi connectivity index (χ0) is 18.9. The highest BCUT2D eigenvalue weighted by molar-refractivity contribution is 5.84. The molecule has 3 aromatic rings. The number of aryl methyl sites for hydroxylation is 1. The van der Waals surface area contributed by atoms with E-state index in [9.17, 15) is 18.0 Å². The number of esters is 1. The lowest BCUT2D eigenvalue weighted by Crippen LogP contribution is -2.14. The second-order valence-corrected chi connectivity index (χ2v) is 5.72. The van der Waals surface area contributed by atoms with Crippen LogP contribution in [0.2, 0.25) is 0 Å². The summed E-state index contributed by atoms with van der Waals surface area (Å²) >= 11 is 0. The summed E-state index contributed by atoms with van der Waals surface area (Å²) in [6.07, 6.45) is -2.92. The molecule has 0 saturated carbocycles. The molecule has 0 aliphatic carbocycles. The number of nitrogens with zero attached hydrogens (tertiary/aromatic N) is 3. The number of hydrogen-bond donors (Lipinski definition) is 0. The summed E-state index contributed by atoms with van der Waals surface area (Å²) in [4.78, 5) is 16.1. The van der Waals surface area contributed by atoms with Crippen molar-refractivity contribution < 1.29 is 22.7 Å². The van der Waals surface area contributed by atoms with Crippen molar-refractivity contribution in [3.05, 3.63) is 47.8 Å². The minimum atomic E-state index is -4.42.